The predicted octanol–water partition coefficient (Wildman–Crippen LogP) is 4.89. The van der Waals surface area contributed by atoms with Crippen LogP contribution in [-0.2, 0) is 14.3 Å². The Balaban J connectivity index is 1.52. The molecule has 0 aliphatic heterocycles. The summed E-state index contributed by atoms with van der Waals surface area (Å²) >= 11 is 0. The number of hydrogen-bond acceptors (Lipinski definition) is 4. The van der Waals surface area contributed by atoms with Crippen molar-refractivity contribution in [1.29, 1.82) is 0 Å². The fourth-order valence-electron chi connectivity index (χ4n) is 6.88. The van der Waals surface area contributed by atoms with Gasteiger partial charge < -0.3 is 9.84 Å². The number of ketones is 1. The average Bonchev–Trinajstić information content (AvgIpc) is 3.06. The predicted molar refractivity (Wildman–Crippen MR) is 112 cm³/mol. The van der Waals surface area contributed by atoms with Gasteiger partial charge >= 0.3 is 11.9 Å². The third-order valence-electron chi connectivity index (χ3n) is 8.63. The Kier molecular flexibility index (Phi) is 5.50. The van der Waals surface area contributed by atoms with Crippen molar-refractivity contribution < 1.29 is 24.2 Å². The van der Waals surface area contributed by atoms with E-state index in [1.54, 1.807) is 12.1 Å². The number of carbonyl (C=O) groups excluding carboxylic acids is 2. The molecule has 0 aromatic heterocycles. The van der Waals surface area contributed by atoms with Crippen molar-refractivity contribution in [3.8, 4) is 0 Å². The van der Waals surface area contributed by atoms with Gasteiger partial charge in [-0.2, -0.15) is 0 Å². The molecule has 162 valence electrons. The van der Waals surface area contributed by atoms with Gasteiger partial charge in [-0.15, -0.1) is 0 Å². The summed E-state index contributed by atoms with van der Waals surface area (Å²) in [4.78, 5) is 36.7. The van der Waals surface area contributed by atoms with Crippen molar-refractivity contribution in [2.24, 2.45) is 28.6 Å². The van der Waals surface area contributed by atoms with E-state index in [9.17, 15) is 19.5 Å². The lowest BCUT2D eigenvalue weighted by Gasteiger charge is -2.55. The van der Waals surface area contributed by atoms with Crippen LogP contribution < -0.4 is 0 Å². The number of aliphatic carboxylic acids is 1. The number of hydrogen-bond donors (Lipinski definition) is 1. The van der Waals surface area contributed by atoms with E-state index in [-0.39, 0.29) is 35.6 Å². The van der Waals surface area contributed by atoms with Gasteiger partial charge in [0.05, 0.1) is 5.56 Å². The maximum atomic E-state index is 12.9. The average molecular weight is 413 g/mol. The van der Waals surface area contributed by atoms with Crippen LogP contribution in [0.4, 0.5) is 0 Å². The van der Waals surface area contributed by atoms with Crippen LogP contribution in [0.25, 0.3) is 0 Å². The SMILES string of the molecule is C[C@]12CC[C@H]3[C@@H](CCC(=O)[C@]3(C)CCC(=O)O)[C@H]1CC[C@@H]2OC(=O)c1ccccc1. The smallest absolute Gasteiger partial charge is 0.338 e. The molecule has 1 N–H and O–H groups in total. The zero-order valence-electron chi connectivity index (χ0n) is 17.9. The van der Waals surface area contributed by atoms with Gasteiger partial charge in [0.25, 0.3) is 0 Å². The molecule has 0 heterocycles. The molecule has 6 atom stereocenters. The van der Waals surface area contributed by atoms with Crippen LogP contribution in [0.1, 0.15) is 75.6 Å². The lowest BCUT2D eigenvalue weighted by Crippen LogP contribution is -2.53. The molecule has 5 heteroatoms. The fourth-order valence-corrected chi connectivity index (χ4v) is 6.88. The summed E-state index contributed by atoms with van der Waals surface area (Å²) in [6, 6.07) is 9.15. The standard InChI is InChI=1S/C25H32O5/c1-24(15-13-22(27)28)19-12-14-25(2)18(17(19)8-10-20(24)26)9-11-21(25)30-23(29)16-6-4-3-5-7-16/h3-7,17-19,21H,8-15H2,1-2H3,(H,27,28)/t17-,18+,19-,21-,24+,25-/m0/s1. The zero-order chi connectivity index (χ0) is 21.5. The largest absolute Gasteiger partial charge is 0.481 e. The van der Waals surface area contributed by atoms with Crippen molar-refractivity contribution >= 4 is 17.7 Å². The number of carboxylic acid groups (broad SMARTS) is 1. The van der Waals surface area contributed by atoms with E-state index < -0.39 is 11.4 Å². The Morgan fingerprint density at radius 3 is 2.50 bits per heavy atom. The van der Waals surface area contributed by atoms with E-state index in [1.165, 1.54) is 0 Å². The molecule has 1 aromatic rings. The summed E-state index contributed by atoms with van der Waals surface area (Å²) in [5, 5.41) is 9.18. The quantitative estimate of drug-likeness (QED) is 0.697. The summed E-state index contributed by atoms with van der Waals surface area (Å²) in [5.41, 5.74) is -0.0241. The second kappa shape index (κ2) is 7.82. The highest BCUT2D eigenvalue weighted by Crippen LogP contribution is 2.63. The highest BCUT2D eigenvalue weighted by atomic mass is 16.5. The van der Waals surface area contributed by atoms with Gasteiger partial charge in [0, 0.05) is 23.7 Å². The van der Waals surface area contributed by atoms with Gasteiger partial charge in [-0.1, -0.05) is 32.0 Å². The minimum Gasteiger partial charge on any atom is -0.481 e. The summed E-state index contributed by atoms with van der Waals surface area (Å²) in [6.45, 7) is 4.26. The maximum absolute atomic E-state index is 12.9. The normalized spacial score (nSPS) is 37.9. The van der Waals surface area contributed by atoms with Crippen LogP contribution in [0.2, 0.25) is 0 Å². The molecule has 3 aliphatic carbocycles. The molecular formula is C25H32O5. The highest BCUT2D eigenvalue weighted by molar-refractivity contribution is 5.89. The highest BCUT2D eigenvalue weighted by Gasteiger charge is 2.60. The first-order chi connectivity index (χ1) is 14.3. The third-order valence-corrected chi connectivity index (χ3v) is 8.63. The summed E-state index contributed by atoms with van der Waals surface area (Å²) in [7, 11) is 0. The number of fused-ring (bicyclic) bond motifs is 3. The van der Waals surface area contributed by atoms with Crippen molar-refractivity contribution in [2.45, 2.75) is 71.3 Å². The van der Waals surface area contributed by atoms with Crippen LogP contribution in [0.15, 0.2) is 30.3 Å². The second-order valence-electron chi connectivity index (χ2n) is 10.0. The summed E-state index contributed by atoms with van der Waals surface area (Å²) in [6.07, 6.45) is 5.49. The number of esters is 1. The number of ether oxygens (including phenoxy) is 1. The molecule has 0 unspecified atom stereocenters. The van der Waals surface area contributed by atoms with Crippen molar-refractivity contribution in [2.75, 3.05) is 0 Å². The van der Waals surface area contributed by atoms with E-state index in [2.05, 4.69) is 6.92 Å². The van der Waals surface area contributed by atoms with Gasteiger partial charge in [0.15, 0.2) is 0 Å². The topological polar surface area (TPSA) is 80.7 Å². The summed E-state index contributed by atoms with van der Waals surface area (Å²) < 4.78 is 6.02. The molecule has 3 aliphatic rings. The van der Waals surface area contributed by atoms with Crippen molar-refractivity contribution in [3.05, 3.63) is 35.9 Å². The molecule has 3 fully saturated rings. The Bertz CT molecular complexity index is 833. The number of rotatable bonds is 5. The van der Waals surface area contributed by atoms with E-state index in [1.807, 2.05) is 25.1 Å². The van der Waals surface area contributed by atoms with Gasteiger partial charge in [-0.25, -0.2) is 4.79 Å². The minimum absolute atomic E-state index is 0.0463. The molecule has 5 nitrogen and oxygen atoms in total. The molecule has 0 bridgehead atoms. The van der Waals surface area contributed by atoms with Gasteiger partial charge in [-0.3, -0.25) is 9.59 Å². The van der Waals surface area contributed by atoms with Gasteiger partial charge in [-0.05, 0) is 68.4 Å². The molecule has 4 rings (SSSR count). The number of carbonyl (C=O) groups is 3. The monoisotopic (exact) mass is 412 g/mol. The number of benzene rings is 1. The molecule has 0 spiro atoms. The van der Waals surface area contributed by atoms with E-state index >= 15 is 0 Å². The molecule has 30 heavy (non-hydrogen) atoms. The van der Waals surface area contributed by atoms with Crippen LogP contribution in [0.5, 0.6) is 0 Å². The second-order valence-corrected chi connectivity index (χ2v) is 10.0. The Morgan fingerprint density at radius 2 is 1.80 bits per heavy atom. The molecule has 3 saturated carbocycles. The Hall–Kier alpha value is -2.17. The number of carboxylic acids is 1. The lowest BCUT2D eigenvalue weighted by atomic mass is 9.49. The Labute approximate surface area is 178 Å². The van der Waals surface area contributed by atoms with Crippen molar-refractivity contribution in [3.63, 3.8) is 0 Å². The van der Waals surface area contributed by atoms with Gasteiger partial charge in [0.1, 0.15) is 11.9 Å². The molecule has 0 saturated heterocycles. The fraction of sp³-hybridized carbons (Fsp3) is 0.640. The molecule has 0 amide bonds. The van der Waals surface area contributed by atoms with Gasteiger partial charge in [0.2, 0.25) is 0 Å². The maximum Gasteiger partial charge on any atom is 0.338 e. The summed E-state index contributed by atoms with van der Waals surface area (Å²) in [5.74, 6) is 0.205. The van der Waals surface area contributed by atoms with Crippen LogP contribution in [0.3, 0.4) is 0 Å². The van der Waals surface area contributed by atoms with Crippen LogP contribution in [0, 0.1) is 28.6 Å². The van der Waals surface area contributed by atoms with E-state index in [0.29, 0.717) is 30.2 Å². The Morgan fingerprint density at radius 1 is 1.07 bits per heavy atom. The third kappa shape index (κ3) is 3.46. The van der Waals surface area contributed by atoms with Crippen molar-refractivity contribution in [1.82, 2.24) is 0 Å². The van der Waals surface area contributed by atoms with Crippen LogP contribution >= 0.6 is 0 Å². The van der Waals surface area contributed by atoms with Crippen LogP contribution in [-0.4, -0.2) is 28.9 Å². The van der Waals surface area contributed by atoms with E-state index in [0.717, 1.165) is 32.1 Å². The first-order valence-electron chi connectivity index (χ1n) is 11.3. The lowest BCUT2D eigenvalue weighted by molar-refractivity contribution is -0.149. The molecule has 0 radical (unpaired) electrons. The number of Topliss-reactive ketones (excluding diaryl/α,β-unsaturated/α-hetero) is 1. The molecule has 1 aromatic carbocycles. The molecular weight excluding hydrogens is 380 g/mol. The first kappa shape index (κ1) is 21.1. The zero-order valence-corrected chi connectivity index (χ0v) is 17.9. The minimum atomic E-state index is -0.833. The first-order valence-corrected chi connectivity index (χ1v) is 11.3. The van der Waals surface area contributed by atoms with E-state index in [4.69, 9.17) is 4.74 Å².